The predicted molar refractivity (Wildman–Crippen MR) is 116 cm³/mol. The number of hydrogen-bond donors (Lipinski definition) is 1. The smallest absolute Gasteiger partial charge is 0.248 e. The number of benzene rings is 3. The van der Waals surface area contributed by atoms with Crippen LogP contribution in [0.4, 0.5) is 5.69 Å². The Morgan fingerprint density at radius 2 is 1.64 bits per heavy atom. The van der Waals surface area contributed by atoms with Crippen molar-refractivity contribution in [3.05, 3.63) is 101 Å². The maximum absolute atomic E-state index is 12.0. The lowest BCUT2D eigenvalue weighted by molar-refractivity contribution is -0.111. The molecule has 0 unspecified atom stereocenters. The summed E-state index contributed by atoms with van der Waals surface area (Å²) in [5.74, 6) is 0.606. The molecule has 0 heterocycles. The number of carbonyl (C=O) groups is 1. The van der Waals surface area contributed by atoms with Crippen LogP contribution in [0.15, 0.2) is 84.9 Å². The van der Waals surface area contributed by atoms with Crippen molar-refractivity contribution in [1.82, 2.24) is 0 Å². The SMILES string of the molecule is O=C(/C=C/c1ccc(Cl)cc1)Nc1ccc(OCCCc2ccccc2)cc1. The van der Waals surface area contributed by atoms with Crippen LogP contribution in [-0.2, 0) is 11.2 Å². The second-order valence-electron chi connectivity index (χ2n) is 6.34. The first-order valence-corrected chi connectivity index (χ1v) is 9.58. The first kappa shape index (κ1) is 19.7. The van der Waals surface area contributed by atoms with Crippen LogP contribution < -0.4 is 10.1 Å². The molecule has 4 heteroatoms. The van der Waals surface area contributed by atoms with Gasteiger partial charge in [-0.3, -0.25) is 4.79 Å². The number of aryl methyl sites for hydroxylation is 1. The third-order valence-electron chi connectivity index (χ3n) is 4.14. The van der Waals surface area contributed by atoms with Crippen molar-refractivity contribution >= 4 is 29.3 Å². The lowest BCUT2D eigenvalue weighted by atomic mass is 10.1. The van der Waals surface area contributed by atoms with Crippen LogP contribution in [0.2, 0.25) is 5.02 Å². The van der Waals surface area contributed by atoms with Gasteiger partial charge in [0.05, 0.1) is 6.61 Å². The maximum atomic E-state index is 12.0. The van der Waals surface area contributed by atoms with Gasteiger partial charge < -0.3 is 10.1 Å². The van der Waals surface area contributed by atoms with Gasteiger partial charge in [-0.2, -0.15) is 0 Å². The molecule has 28 heavy (non-hydrogen) atoms. The van der Waals surface area contributed by atoms with Crippen LogP contribution in [0.5, 0.6) is 5.75 Å². The molecule has 0 radical (unpaired) electrons. The highest BCUT2D eigenvalue weighted by atomic mass is 35.5. The first-order valence-electron chi connectivity index (χ1n) is 9.20. The summed E-state index contributed by atoms with van der Waals surface area (Å²) in [6.07, 6.45) is 5.19. The average Bonchev–Trinajstić information content (AvgIpc) is 2.73. The number of rotatable bonds is 8. The van der Waals surface area contributed by atoms with E-state index in [9.17, 15) is 4.79 Å². The van der Waals surface area contributed by atoms with Gasteiger partial charge in [0.15, 0.2) is 0 Å². The van der Waals surface area contributed by atoms with E-state index in [1.165, 1.54) is 11.6 Å². The summed E-state index contributed by atoms with van der Waals surface area (Å²) in [5.41, 5.74) is 2.96. The minimum Gasteiger partial charge on any atom is -0.494 e. The quantitative estimate of drug-likeness (QED) is 0.377. The zero-order valence-electron chi connectivity index (χ0n) is 15.5. The van der Waals surface area contributed by atoms with E-state index in [4.69, 9.17) is 16.3 Å². The first-order chi connectivity index (χ1) is 13.7. The molecule has 0 spiro atoms. The van der Waals surface area contributed by atoms with Crippen LogP contribution in [-0.4, -0.2) is 12.5 Å². The minimum atomic E-state index is -0.188. The second kappa shape index (κ2) is 10.3. The molecule has 0 aliphatic heterocycles. The van der Waals surface area contributed by atoms with Crippen molar-refractivity contribution in [2.24, 2.45) is 0 Å². The van der Waals surface area contributed by atoms with Crippen molar-refractivity contribution < 1.29 is 9.53 Å². The fraction of sp³-hybridized carbons (Fsp3) is 0.125. The molecule has 0 fully saturated rings. The Kier molecular flexibility index (Phi) is 7.28. The summed E-state index contributed by atoms with van der Waals surface area (Å²) >= 11 is 5.85. The Morgan fingerprint density at radius 3 is 2.36 bits per heavy atom. The Bertz CT molecular complexity index is 904. The van der Waals surface area contributed by atoms with E-state index < -0.39 is 0 Å². The second-order valence-corrected chi connectivity index (χ2v) is 6.77. The van der Waals surface area contributed by atoms with Gasteiger partial charge in [-0.1, -0.05) is 54.1 Å². The standard InChI is InChI=1S/C24H22ClNO2/c25-21-11-8-20(9-12-21)10-17-24(27)26-22-13-15-23(16-14-22)28-18-4-7-19-5-2-1-3-6-19/h1-3,5-6,8-17H,4,7,18H2,(H,26,27)/b17-10+. The largest absolute Gasteiger partial charge is 0.494 e. The third kappa shape index (κ3) is 6.60. The Morgan fingerprint density at radius 1 is 0.929 bits per heavy atom. The molecule has 0 saturated carbocycles. The number of hydrogen-bond acceptors (Lipinski definition) is 2. The van der Waals surface area contributed by atoms with Crippen molar-refractivity contribution in [3.63, 3.8) is 0 Å². The molecule has 3 rings (SSSR count). The van der Waals surface area contributed by atoms with Crippen molar-refractivity contribution in [3.8, 4) is 5.75 Å². The molecule has 0 bridgehead atoms. The molecule has 1 N–H and O–H groups in total. The molecule has 3 aromatic rings. The fourth-order valence-corrected chi connectivity index (χ4v) is 2.80. The van der Waals surface area contributed by atoms with Gasteiger partial charge in [-0.15, -0.1) is 0 Å². The van der Waals surface area contributed by atoms with Gasteiger partial charge in [-0.25, -0.2) is 0 Å². The van der Waals surface area contributed by atoms with Gasteiger partial charge in [-0.05, 0) is 66.4 Å². The molecular formula is C24H22ClNO2. The minimum absolute atomic E-state index is 0.188. The molecule has 0 aliphatic carbocycles. The molecular weight excluding hydrogens is 370 g/mol. The van der Waals surface area contributed by atoms with Crippen LogP contribution in [0.3, 0.4) is 0 Å². The highest BCUT2D eigenvalue weighted by Crippen LogP contribution is 2.16. The van der Waals surface area contributed by atoms with Gasteiger partial charge in [0.2, 0.25) is 5.91 Å². The number of anilines is 1. The van der Waals surface area contributed by atoms with E-state index >= 15 is 0 Å². The van der Waals surface area contributed by atoms with Gasteiger partial charge in [0.1, 0.15) is 5.75 Å². The summed E-state index contributed by atoms with van der Waals surface area (Å²) < 4.78 is 5.77. The molecule has 3 aromatic carbocycles. The topological polar surface area (TPSA) is 38.3 Å². The van der Waals surface area contributed by atoms with Gasteiger partial charge in [0, 0.05) is 16.8 Å². The van der Waals surface area contributed by atoms with Gasteiger partial charge in [0.25, 0.3) is 0 Å². The van der Waals surface area contributed by atoms with E-state index in [0.717, 1.165) is 29.8 Å². The summed E-state index contributed by atoms with van der Waals surface area (Å²) in [6, 6.07) is 25.1. The normalized spacial score (nSPS) is 10.8. The van der Waals surface area contributed by atoms with E-state index in [0.29, 0.717) is 11.6 Å². The lowest BCUT2D eigenvalue weighted by Gasteiger charge is -2.08. The Balaban J connectivity index is 1.42. The Hall–Kier alpha value is -3.04. The van der Waals surface area contributed by atoms with E-state index in [-0.39, 0.29) is 5.91 Å². The van der Waals surface area contributed by atoms with Gasteiger partial charge >= 0.3 is 0 Å². The molecule has 0 atom stereocenters. The molecule has 0 aromatic heterocycles. The average molecular weight is 392 g/mol. The number of halogens is 1. The molecule has 1 amide bonds. The van der Waals surface area contributed by atoms with Crippen LogP contribution >= 0.6 is 11.6 Å². The number of carbonyl (C=O) groups excluding carboxylic acids is 1. The summed E-state index contributed by atoms with van der Waals surface area (Å²) in [5, 5.41) is 3.50. The summed E-state index contributed by atoms with van der Waals surface area (Å²) in [4.78, 5) is 12.0. The predicted octanol–water partition coefficient (Wildman–Crippen LogP) is 6.00. The molecule has 142 valence electrons. The zero-order chi connectivity index (χ0) is 19.6. The van der Waals surface area contributed by atoms with E-state index in [1.807, 2.05) is 54.6 Å². The molecule has 3 nitrogen and oxygen atoms in total. The molecule has 0 saturated heterocycles. The summed E-state index contributed by atoms with van der Waals surface area (Å²) in [7, 11) is 0. The maximum Gasteiger partial charge on any atom is 0.248 e. The van der Waals surface area contributed by atoms with E-state index in [2.05, 4.69) is 17.4 Å². The monoisotopic (exact) mass is 391 g/mol. The van der Waals surface area contributed by atoms with Crippen molar-refractivity contribution in [2.45, 2.75) is 12.8 Å². The number of amides is 1. The Labute approximate surface area is 170 Å². The van der Waals surface area contributed by atoms with Crippen molar-refractivity contribution in [1.29, 1.82) is 0 Å². The highest BCUT2D eigenvalue weighted by Gasteiger charge is 2.00. The zero-order valence-corrected chi connectivity index (χ0v) is 16.2. The van der Waals surface area contributed by atoms with E-state index in [1.54, 1.807) is 18.2 Å². The summed E-state index contributed by atoms with van der Waals surface area (Å²) in [6.45, 7) is 0.657. The van der Waals surface area contributed by atoms with Crippen molar-refractivity contribution in [2.75, 3.05) is 11.9 Å². The molecule has 0 aliphatic rings. The lowest BCUT2D eigenvalue weighted by Crippen LogP contribution is -2.07. The third-order valence-corrected chi connectivity index (χ3v) is 4.39. The van der Waals surface area contributed by atoms with Crippen LogP contribution in [0, 0.1) is 0 Å². The van der Waals surface area contributed by atoms with Crippen LogP contribution in [0.25, 0.3) is 6.08 Å². The number of ether oxygens (including phenoxy) is 1. The fourth-order valence-electron chi connectivity index (χ4n) is 2.68. The number of nitrogens with one attached hydrogen (secondary N) is 1. The highest BCUT2D eigenvalue weighted by molar-refractivity contribution is 6.30. The van der Waals surface area contributed by atoms with Crippen LogP contribution in [0.1, 0.15) is 17.5 Å².